The van der Waals surface area contributed by atoms with E-state index >= 15 is 0 Å². The highest BCUT2D eigenvalue weighted by Crippen LogP contribution is 2.43. The number of benzene rings is 2. The lowest BCUT2D eigenvalue weighted by Crippen LogP contribution is -2.39. The first kappa shape index (κ1) is 16.4. The molecule has 0 radical (unpaired) electrons. The first-order chi connectivity index (χ1) is 11.8. The number of Topliss-reactive ketones (excluding diaryl/α,β-unsaturated/α-hetero) is 1. The van der Waals surface area contributed by atoms with Crippen molar-refractivity contribution in [1.82, 2.24) is 0 Å². The van der Waals surface area contributed by atoms with Crippen molar-refractivity contribution >= 4 is 11.8 Å². The van der Waals surface area contributed by atoms with Crippen molar-refractivity contribution in [3.63, 3.8) is 0 Å². The summed E-state index contributed by atoms with van der Waals surface area (Å²) in [5, 5.41) is 38.6. The molecule has 4 N–H and O–H groups in total. The monoisotopic (exact) mass is 346 g/mol. The van der Waals surface area contributed by atoms with Crippen molar-refractivity contribution < 1.29 is 39.5 Å². The lowest BCUT2D eigenvalue weighted by Gasteiger charge is -2.32. The van der Waals surface area contributed by atoms with Gasteiger partial charge < -0.3 is 29.9 Å². The molecule has 0 bridgehead atoms. The van der Waals surface area contributed by atoms with Crippen LogP contribution in [-0.2, 0) is 9.53 Å². The van der Waals surface area contributed by atoms with Gasteiger partial charge in [0.15, 0.2) is 17.6 Å². The predicted octanol–water partition coefficient (Wildman–Crippen LogP) is 1.76. The van der Waals surface area contributed by atoms with Crippen LogP contribution in [-0.4, -0.2) is 38.3 Å². The number of hydrogen-bond donors (Lipinski definition) is 4. The number of carbonyl (C=O) groups is 2. The molecule has 8 nitrogen and oxygen atoms in total. The maximum Gasteiger partial charge on any atom is 0.303 e. The molecule has 0 aliphatic carbocycles. The van der Waals surface area contributed by atoms with Gasteiger partial charge in [0.25, 0.3) is 0 Å². The molecule has 3 rings (SSSR count). The van der Waals surface area contributed by atoms with E-state index in [-0.39, 0.29) is 28.4 Å². The summed E-state index contributed by atoms with van der Waals surface area (Å²) in [5.74, 6) is -3.19. The van der Waals surface area contributed by atoms with Gasteiger partial charge in [-0.05, 0) is 12.1 Å². The van der Waals surface area contributed by atoms with E-state index in [1.54, 1.807) is 0 Å². The average Bonchev–Trinajstić information content (AvgIpc) is 2.51. The minimum absolute atomic E-state index is 0.0940. The Hall–Kier alpha value is -3.42. The number of phenols is 4. The Balaban J connectivity index is 2.13. The van der Waals surface area contributed by atoms with E-state index in [2.05, 4.69) is 0 Å². The second kappa shape index (κ2) is 5.90. The minimum Gasteiger partial charge on any atom is -0.508 e. The summed E-state index contributed by atoms with van der Waals surface area (Å²) in [5.41, 5.74) is 0.0340. The number of fused-ring (bicyclic) bond motifs is 1. The molecule has 0 saturated heterocycles. The first-order valence-electron chi connectivity index (χ1n) is 7.24. The van der Waals surface area contributed by atoms with Gasteiger partial charge in [-0.25, -0.2) is 0 Å². The SMILES string of the molecule is CC(=O)O[C@@H]1C(=O)c2c(O)cc(O)cc2O[C@@H]1c1ccc(O)c(O)c1. The molecule has 0 spiro atoms. The normalized spacial score (nSPS) is 19.0. The van der Waals surface area contributed by atoms with E-state index in [0.29, 0.717) is 0 Å². The summed E-state index contributed by atoms with van der Waals surface area (Å²) in [6.07, 6.45) is -2.55. The highest BCUT2D eigenvalue weighted by molar-refractivity contribution is 6.06. The molecule has 0 aromatic heterocycles. The maximum atomic E-state index is 12.7. The summed E-state index contributed by atoms with van der Waals surface area (Å²) >= 11 is 0. The zero-order valence-electron chi connectivity index (χ0n) is 13.0. The Bertz CT molecular complexity index is 873. The second-order valence-electron chi connectivity index (χ2n) is 5.52. The number of ketones is 1. The van der Waals surface area contributed by atoms with Gasteiger partial charge in [-0.1, -0.05) is 6.07 Å². The van der Waals surface area contributed by atoms with Crippen LogP contribution >= 0.6 is 0 Å². The molecule has 0 amide bonds. The molecule has 8 heteroatoms. The third kappa shape index (κ3) is 2.89. The minimum atomic E-state index is -1.41. The lowest BCUT2D eigenvalue weighted by atomic mass is 9.92. The molecule has 2 atom stereocenters. The van der Waals surface area contributed by atoms with E-state index in [4.69, 9.17) is 9.47 Å². The molecule has 1 heterocycles. The van der Waals surface area contributed by atoms with Crippen molar-refractivity contribution in [2.75, 3.05) is 0 Å². The lowest BCUT2D eigenvalue weighted by molar-refractivity contribution is -0.148. The van der Waals surface area contributed by atoms with Crippen molar-refractivity contribution in [2.24, 2.45) is 0 Å². The summed E-state index contributed by atoms with van der Waals surface area (Å²) in [6, 6.07) is 5.86. The number of hydrogen-bond acceptors (Lipinski definition) is 8. The van der Waals surface area contributed by atoms with Gasteiger partial charge in [0, 0.05) is 24.6 Å². The molecular formula is C17H14O8. The fourth-order valence-electron chi connectivity index (χ4n) is 2.66. The van der Waals surface area contributed by atoms with Gasteiger partial charge in [-0.3, -0.25) is 9.59 Å². The fourth-order valence-corrected chi connectivity index (χ4v) is 2.66. The Labute approximate surface area is 141 Å². The van der Waals surface area contributed by atoms with Crippen molar-refractivity contribution in [1.29, 1.82) is 0 Å². The van der Waals surface area contributed by atoms with Crippen LogP contribution in [0, 0.1) is 0 Å². The van der Waals surface area contributed by atoms with Crippen molar-refractivity contribution in [2.45, 2.75) is 19.1 Å². The highest BCUT2D eigenvalue weighted by Gasteiger charge is 2.42. The predicted molar refractivity (Wildman–Crippen MR) is 82.8 cm³/mol. The molecule has 1 aliphatic heterocycles. The van der Waals surface area contributed by atoms with Crippen LogP contribution in [0.2, 0.25) is 0 Å². The molecule has 0 fully saturated rings. The Kier molecular flexibility index (Phi) is 3.88. The van der Waals surface area contributed by atoms with Crippen LogP contribution in [0.25, 0.3) is 0 Å². The molecule has 0 unspecified atom stereocenters. The van der Waals surface area contributed by atoms with E-state index < -0.39 is 35.5 Å². The van der Waals surface area contributed by atoms with Gasteiger partial charge in [-0.2, -0.15) is 0 Å². The third-order valence-electron chi connectivity index (χ3n) is 3.72. The van der Waals surface area contributed by atoms with E-state index in [0.717, 1.165) is 25.1 Å². The van der Waals surface area contributed by atoms with Crippen LogP contribution in [0.15, 0.2) is 30.3 Å². The Morgan fingerprint density at radius 2 is 1.76 bits per heavy atom. The summed E-state index contributed by atoms with van der Waals surface area (Å²) in [6.45, 7) is 1.12. The average molecular weight is 346 g/mol. The quantitative estimate of drug-likeness (QED) is 0.477. The van der Waals surface area contributed by atoms with Crippen LogP contribution in [0.5, 0.6) is 28.7 Å². The van der Waals surface area contributed by atoms with Crippen LogP contribution in [0.3, 0.4) is 0 Å². The first-order valence-corrected chi connectivity index (χ1v) is 7.24. The molecular weight excluding hydrogens is 332 g/mol. The van der Waals surface area contributed by atoms with E-state index in [1.807, 2.05) is 0 Å². The van der Waals surface area contributed by atoms with Crippen LogP contribution in [0.4, 0.5) is 0 Å². The number of esters is 1. The molecule has 130 valence electrons. The molecule has 25 heavy (non-hydrogen) atoms. The van der Waals surface area contributed by atoms with E-state index in [1.165, 1.54) is 12.1 Å². The topological polar surface area (TPSA) is 134 Å². The highest BCUT2D eigenvalue weighted by atomic mass is 16.6. The van der Waals surface area contributed by atoms with E-state index in [9.17, 15) is 30.0 Å². The second-order valence-corrected chi connectivity index (χ2v) is 5.52. The van der Waals surface area contributed by atoms with Gasteiger partial charge >= 0.3 is 5.97 Å². The number of aromatic hydroxyl groups is 4. The number of carbonyl (C=O) groups excluding carboxylic acids is 2. The molecule has 0 saturated carbocycles. The van der Waals surface area contributed by atoms with Gasteiger partial charge in [0.05, 0.1) is 0 Å². The third-order valence-corrected chi connectivity index (χ3v) is 3.72. The number of rotatable bonds is 2. The summed E-state index contributed by atoms with van der Waals surface area (Å²) in [7, 11) is 0. The van der Waals surface area contributed by atoms with Crippen molar-refractivity contribution in [3.05, 3.63) is 41.5 Å². The largest absolute Gasteiger partial charge is 0.508 e. The zero-order chi connectivity index (χ0) is 18.3. The zero-order valence-corrected chi connectivity index (χ0v) is 13.0. The van der Waals surface area contributed by atoms with Crippen molar-refractivity contribution in [3.8, 4) is 28.7 Å². The van der Waals surface area contributed by atoms with Gasteiger partial charge in [0.1, 0.15) is 22.8 Å². The van der Waals surface area contributed by atoms with Crippen LogP contribution < -0.4 is 4.74 Å². The fraction of sp³-hybridized carbons (Fsp3) is 0.176. The van der Waals surface area contributed by atoms with Crippen LogP contribution in [0.1, 0.15) is 28.9 Å². The molecule has 1 aliphatic rings. The Morgan fingerprint density at radius 3 is 2.40 bits per heavy atom. The van der Waals surface area contributed by atoms with Gasteiger partial charge in [-0.15, -0.1) is 0 Å². The summed E-state index contributed by atoms with van der Waals surface area (Å²) < 4.78 is 10.7. The summed E-state index contributed by atoms with van der Waals surface area (Å²) in [4.78, 5) is 24.1. The Morgan fingerprint density at radius 1 is 1.04 bits per heavy atom. The molecule has 2 aromatic carbocycles. The number of ether oxygens (including phenoxy) is 2. The smallest absolute Gasteiger partial charge is 0.303 e. The standard InChI is InChI=1S/C17H14O8/c1-7(18)24-17-15(23)14-12(22)5-9(19)6-13(14)25-16(17)8-2-3-10(20)11(21)4-8/h2-6,16-17,19-22H,1H3/t16-,17-/m1/s1. The van der Waals surface area contributed by atoms with Gasteiger partial charge in [0.2, 0.25) is 11.9 Å². The number of phenolic OH excluding ortho intramolecular Hbond substituents is 4. The molecule has 2 aromatic rings. The maximum absolute atomic E-state index is 12.7.